The number of aliphatic carboxylic acids is 1. The van der Waals surface area contributed by atoms with E-state index < -0.39 is 5.97 Å². The van der Waals surface area contributed by atoms with Crippen LogP contribution in [0.5, 0.6) is 0 Å². The molecule has 0 amide bonds. The highest BCUT2D eigenvalue weighted by Crippen LogP contribution is 2.31. The van der Waals surface area contributed by atoms with Gasteiger partial charge in [0.1, 0.15) is 0 Å². The van der Waals surface area contributed by atoms with Crippen LogP contribution in [0.25, 0.3) is 0 Å². The van der Waals surface area contributed by atoms with Crippen LogP contribution in [0.3, 0.4) is 0 Å². The Morgan fingerprint density at radius 3 is 3.11 bits per heavy atom. The molecule has 0 spiro atoms. The second-order valence-electron chi connectivity index (χ2n) is 4.88. The van der Waals surface area contributed by atoms with Gasteiger partial charge in [0.25, 0.3) is 0 Å². The van der Waals surface area contributed by atoms with E-state index in [4.69, 9.17) is 9.84 Å². The molecule has 7 heteroatoms. The molecule has 3 atom stereocenters. The molecule has 100 valence electrons. The van der Waals surface area contributed by atoms with Crippen LogP contribution < -0.4 is 0 Å². The van der Waals surface area contributed by atoms with Gasteiger partial charge < -0.3 is 9.84 Å². The number of carboxylic acids is 1. The van der Waals surface area contributed by atoms with Crippen molar-refractivity contribution in [2.75, 3.05) is 13.2 Å². The number of carbonyl (C=O) groups is 1. The van der Waals surface area contributed by atoms with Gasteiger partial charge in [0.15, 0.2) is 5.82 Å². The van der Waals surface area contributed by atoms with Gasteiger partial charge in [-0.2, -0.15) is 0 Å². The number of nitrogens with zero attached hydrogens (tertiary/aromatic N) is 4. The van der Waals surface area contributed by atoms with E-state index in [0.29, 0.717) is 19.1 Å². The molecule has 1 aromatic heterocycles. The van der Waals surface area contributed by atoms with Crippen molar-refractivity contribution >= 4 is 5.97 Å². The van der Waals surface area contributed by atoms with Crippen molar-refractivity contribution in [3.8, 4) is 0 Å². The zero-order valence-electron chi connectivity index (χ0n) is 10.6. The molecule has 0 saturated carbocycles. The van der Waals surface area contributed by atoms with Crippen molar-refractivity contribution in [1.29, 1.82) is 0 Å². The highest BCUT2D eigenvalue weighted by molar-refractivity contribution is 5.67. The number of rotatable bonds is 4. The lowest BCUT2D eigenvalue weighted by Gasteiger charge is -2.28. The van der Waals surface area contributed by atoms with Crippen LogP contribution in [-0.4, -0.2) is 44.5 Å². The van der Waals surface area contributed by atoms with E-state index in [-0.39, 0.29) is 18.4 Å². The summed E-state index contributed by atoms with van der Waals surface area (Å²) in [5.74, 6) is 0.522. The zero-order valence-corrected chi connectivity index (χ0v) is 10.6. The normalized spacial score (nSPS) is 25.9. The number of carboxylic acid groups (broad SMARTS) is 1. The van der Waals surface area contributed by atoms with Gasteiger partial charge in [-0.1, -0.05) is 6.92 Å². The third-order valence-electron chi connectivity index (χ3n) is 3.38. The van der Waals surface area contributed by atoms with Crippen molar-refractivity contribution in [2.24, 2.45) is 5.92 Å². The van der Waals surface area contributed by atoms with Gasteiger partial charge in [-0.15, -0.1) is 5.10 Å². The van der Waals surface area contributed by atoms with Gasteiger partial charge in [0.2, 0.25) is 0 Å². The summed E-state index contributed by atoms with van der Waals surface area (Å²) >= 11 is 0. The molecule has 1 aliphatic heterocycles. The molecular weight excluding hydrogens is 236 g/mol. The molecule has 0 bridgehead atoms. The van der Waals surface area contributed by atoms with E-state index in [0.717, 1.165) is 12.2 Å². The maximum absolute atomic E-state index is 10.8. The van der Waals surface area contributed by atoms with Crippen molar-refractivity contribution in [2.45, 2.75) is 38.6 Å². The third-order valence-corrected chi connectivity index (χ3v) is 3.38. The van der Waals surface area contributed by atoms with Gasteiger partial charge in [-0.25, -0.2) is 4.68 Å². The summed E-state index contributed by atoms with van der Waals surface area (Å²) in [4.78, 5) is 10.8. The molecule has 1 aromatic rings. The predicted molar refractivity (Wildman–Crippen MR) is 62.1 cm³/mol. The number of hydrogen-bond acceptors (Lipinski definition) is 5. The fourth-order valence-corrected chi connectivity index (χ4v) is 2.36. The summed E-state index contributed by atoms with van der Waals surface area (Å²) in [5.41, 5.74) is 0. The van der Waals surface area contributed by atoms with Gasteiger partial charge in [0.05, 0.1) is 12.5 Å². The Bertz CT molecular complexity index is 420. The minimum Gasteiger partial charge on any atom is -0.481 e. The van der Waals surface area contributed by atoms with Gasteiger partial charge in [-0.3, -0.25) is 4.79 Å². The van der Waals surface area contributed by atoms with E-state index >= 15 is 0 Å². The van der Waals surface area contributed by atoms with Crippen LogP contribution >= 0.6 is 0 Å². The zero-order chi connectivity index (χ0) is 13.1. The summed E-state index contributed by atoms with van der Waals surface area (Å²) in [7, 11) is 0. The molecule has 0 aliphatic carbocycles. The second-order valence-corrected chi connectivity index (χ2v) is 4.88. The number of tetrazole rings is 1. The monoisotopic (exact) mass is 254 g/mol. The summed E-state index contributed by atoms with van der Waals surface area (Å²) in [6.45, 7) is 5.32. The summed E-state index contributed by atoms with van der Waals surface area (Å²) in [6, 6.07) is -0.234. The summed E-state index contributed by atoms with van der Waals surface area (Å²) < 4.78 is 7.04. The number of hydrogen-bond donors (Lipinski definition) is 1. The average molecular weight is 254 g/mol. The van der Waals surface area contributed by atoms with Crippen molar-refractivity contribution in [1.82, 2.24) is 20.2 Å². The first-order valence-corrected chi connectivity index (χ1v) is 6.17. The lowest BCUT2D eigenvalue weighted by Crippen LogP contribution is -2.27. The maximum atomic E-state index is 10.8. The van der Waals surface area contributed by atoms with Crippen LogP contribution in [0, 0.1) is 5.92 Å². The van der Waals surface area contributed by atoms with E-state index in [1.54, 1.807) is 4.68 Å². The van der Waals surface area contributed by atoms with Gasteiger partial charge in [-0.05, 0) is 29.7 Å². The quantitative estimate of drug-likeness (QED) is 0.856. The molecule has 2 rings (SSSR count). The molecule has 1 aliphatic rings. The van der Waals surface area contributed by atoms with Crippen LogP contribution in [0.15, 0.2) is 0 Å². The third kappa shape index (κ3) is 2.66. The van der Waals surface area contributed by atoms with Crippen LogP contribution in [0.2, 0.25) is 0 Å². The maximum Gasteiger partial charge on any atom is 0.305 e. The van der Waals surface area contributed by atoms with E-state index in [9.17, 15) is 4.79 Å². The average Bonchev–Trinajstić information content (AvgIpc) is 2.77. The first-order valence-electron chi connectivity index (χ1n) is 6.17. The van der Waals surface area contributed by atoms with Crippen molar-refractivity contribution < 1.29 is 14.6 Å². The Hall–Kier alpha value is -1.50. The van der Waals surface area contributed by atoms with E-state index in [2.05, 4.69) is 22.4 Å². The Morgan fingerprint density at radius 2 is 2.44 bits per heavy atom. The molecule has 18 heavy (non-hydrogen) atoms. The smallest absolute Gasteiger partial charge is 0.305 e. The first kappa shape index (κ1) is 12.9. The Labute approximate surface area is 105 Å². The molecule has 0 aromatic carbocycles. The Morgan fingerprint density at radius 1 is 1.67 bits per heavy atom. The van der Waals surface area contributed by atoms with Gasteiger partial charge >= 0.3 is 5.97 Å². The minimum atomic E-state index is -0.844. The SMILES string of the molecule is CC1COCCC1c1nnnn1C(C)CC(=O)O. The minimum absolute atomic E-state index is 0.0235. The van der Waals surface area contributed by atoms with Crippen molar-refractivity contribution in [3.63, 3.8) is 0 Å². The summed E-state index contributed by atoms with van der Waals surface area (Å²) in [6.07, 6.45) is 0.900. The van der Waals surface area contributed by atoms with E-state index in [1.807, 2.05) is 6.92 Å². The predicted octanol–water partition coefficient (Wildman–Crippen LogP) is 0.849. The Kier molecular flexibility index (Phi) is 3.90. The fraction of sp³-hybridized carbons (Fsp3) is 0.818. The molecule has 1 fully saturated rings. The van der Waals surface area contributed by atoms with Crippen molar-refractivity contribution in [3.05, 3.63) is 5.82 Å². The fourth-order valence-electron chi connectivity index (χ4n) is 2.36. The van der Waals surface area contributed by atoms with E-state index in [1.165, 1.54) is 0 Å². The highest BCUT2D eigenvalue weighted by atomic mass is 16.5. The van der Waals surface area contributed by atoms with Crippen LogP contribution in [0.1, 0.15) is 44.5 Å². The topological polar surface area (TPSA) is 90.1 Å². The van der Waals surface area contributed by atoms with Crippen LogP contribution in [-0.2, 0) is 9.53 Å². The summed E-state index contributed by atoms with van der Waals surface area (Å²) in [5, 5.41) is 20.5. The Balaban J connectivity index is 2.18. The van der Waals surface area contributed by atoms with Gasteiger partial charge in [0, 0.05) is 19.1 Å². The standard InChI is InChI=1S/C11H18N4O3/c1-7-6-18-4-3-9(7)11-12-13-14-15(11)8(2)5-10(16)17/h7-9H,3-6H2,1-2H3,(H,16,17). The molecule has 1 saturated heterocycles. The lowest BCUT2D eigenvalue weighted by molar-refractivity contribution is -0.137. The molecule has 1 N–H and O–H groups in total. The molecule has 2 heterocycles. The molecule has 7 nitrogen and oxygen atoms in total. The molecule has 0 radical (unpaired) electrons. The first-order chi connectivity index (χ1) is 8.59. The highest BCUT2D eigenvalue weighted by Gasteiger charge is 2.29. The van der Waals surface area contributed by atoms with Crippen LogP contribution in [0.4, 0.5) is 0 Å². The number of aromatic nitrogens is 4. The molecule has 3 unspecified atom stereocenters. The largest absolute Gasteiger partial charge is 0.481 e. The lowest BCUT2D eigenvalue weighted by atomic mass is 9.89. The second kappa shape index (κ2) is 5.43. The number of ether oxygens (including phenoxy) is 1. The molecular formula is C11H18N4O3.